The Morgan fingerprint density at radius 3 is 1.84 bits per heavy atom. The average molecular weight is 628 g/mol. The van der Waals surface area contributed by atoms with Crippen molar-refractivity contribution in [3.8, 4) is 39.2 Å². The third-order valence-electron chi connectivity index (χ3n) is 9.24. The van der Waals surface area contributed by atoms with Gasteiger partial charge in [0.05, 0.1) is 22.9 Å². The molecule has 0 bridgehead atoms. The number of hydrogen-bond donors (Lipinski definition) is 0. The summed E-state index contributed by atoms with van der Waals surface area (Å²) in [6, 6.07) is 43.0. The first kappa shape index (κ1) is 27.3. The number of aromatic nitrogens is 7. The van der Waals surface area contributed by atoms with E-state index in [-0.39, 0.29) is 0 Å². The minimum atomic E-state index is 0.663. The zero-order chi connectivity index (χ0) is 32.3. The lowest BCUT2D eigenvalue weighted by Crippen LogP contribution is -1.97. The Bertz CT molecular complexity index is 2810. The highest BCUT2D eigenvalue weighted by Crippen LogP contribution is 2.37. The molecule has 0 amide bonds. The molecule has 0 N–H and O–H groups in total. The predicted molar refractivity (Wildman–Crippen MR) is 196 cm³/mol. The van der Waals surface area contributed by atoms with Gasteiger partial charge in [0, 0.05) is 46.0 Å². The maximum absolute atomic E-state index is 5.20. The highest BCUT2D eigenvalue weighted by atomic mass is 15.0. The molecule has 0 spiro atoms. The van der Waals surface area contributed by atoms with Crippen LogP contribution in [0, 0.1) is 0 Å². The molecule has 0 aliphatic rings. The second-order valence-electron chi connectivity index (χ2n) is 12.1. The van der Waals surface area contributed by atoms with E-state index < -0.39 is 0 Å². The van der Waals surface area contributed by atoms with Crippen molar-refractivity contribution in [2.24, 2.45) is 0 Å². The molecule has 0 unspecified atom stereocenters. The number of fused-ring (bicyclic) bond motifs is 9. The average Bonchev–Trinajstić information content (AvgIpc) is 3.52. The van der Waals surface area contributed by atoms with Crippen molar-refractivity contribution < 1.29 is 0 Å². The van der Waals surface area contributed by atoms with Crippen LogP contribution in [0.4, 0.5) is 0 Å². The fourth-order valence-electron chi connectivity index (χ4n) is 7.03. The number of para-hydroxylation sites is 2. The number of benzene rings is 6. The predicted octanol–water partition coefficient (Wildman–Crippen LogP) is 9.61. The van der Waals surface area contributed by atoms with E-state index >= 15 is 0 Å². The molecule has 10 aromatic rings. The fourth-order valence-corrected chi connectivity index (χ4v) is 7.03. The Morgan fingerprint density at radius 2 is 1.04 bits per heavy atom. The Balaban J connectivity index is 1.19. The van der Waals surface area contributed by atoms with Gasteiger partial charge in [-0.25, -0.2) is 19.9 Å². The summed E-state index contributed by atoms with van der Waals surface area (Å²) in [4.78, 5) is 28.2. The van der Waals surface area contributed by atoms with Crippen molar-refractivity contribution in [3.05, 3.63) is 152 Å². The SMILES string of the molecule is c1ccc(-c2cc(-c3cccc(-n4c5ccccc5c5ccccc54)c3)cc(-c3cnc4c5nccnc5c5cncnc5c4n3)c2)cc1. The van der Waals surface area contributed by atoms with Crippen LogP contribution in [-0.4, -0.2) is 34.5 Å². The first-order valence-corrected chi connectivity index (χ1v) is 16.1. The first-order chi connectivity index (χ1) is 24.3. The van der Waals surface area contributed by atoms with Gasteiger partial charge in [-0.2, -0.15) is 0 Å². The molecule has 49 heavy (non-hydrogen) atoms. The fraction of sp³-hybridized carbons (Fsp3) is 0. The normalized spacial score (nSPS) is 11.7. The summed E-state index contributed by atoms with van der Waals surface area (Å²) in [5, 5.41) is 3.27. The van der Waals surface area contributed by atoms with Crippen molar-refractivity contribution in [2.75, 3.05) is 0 Å². The molecular weight excluding hydrogens is 603 g/mol. The monoisotopic (exact) mass is 627 g/mol. The minimum Gasteiger partial charge on any atom is -0.309 e. The number of hydrogen-bond acceptors (Lipinski definition) is 6. The summed E-state index contributed by atoms with van der Waals surface area (Å²) in [7, 11) is 0. The van der Waals surface area contributed by atoms with Gasteiger partial charge in [-0.1, -0.05) is 78.9 Å². The summed E-state index contributed by atoms with van der Waals surface area (Å²) >= 11 is 0. The number of rotatable bonds is 4. The maximum Gasteiger partial charge on any atom is 0.119 e. The molecule has 0 radical (unpaired) electrons. The molecule has 0 saturated carbocycles. The third-order valence-corrected chi connectivity index (χ3v) is 9.24. The molecule has 4 aromatic heterocycles. The van der Waals surface area contributed by atoms with Crippen LogP contribution in [0.15, 0.2) is 152 Å². The minimum absolute atomic E-state index is 0.663. The van der Waals surface area contributed by atoms with Gasteiger partial charge in [0.1, 0.15) is 33.9 Å². The largest absolute Gasteiger partial charge is 0.309 e. The van der Waals surface area contributed by atoms with Crippen LogP contribution in [0.3, 0.4) is 0 Å². The molecule has 4 heterocycles. The molecule has 7 heteroatoms. The van der Waals surface area contributed by atoms with E-state index in [1.807, 2.05) is 12.3 Å². The molecule has 6 aromatic carbocycles. The molecule has 0 fully saturated rings. The van der Waals surface area contributed by atoms with Gasteiger partial charge in [0.15, 0.2) is 0 Å². The van der Waals surface area contributed by atoms with Crippen LogP contribution in [0.25, 0.3) is 94.0 Å². The van der Waals surface area contributed by atoms with E-state index in [1.54, 1.807) is 18.6 Å². The zero-order valence-corrected chi connectivity index (χ0v) is 26.1. The highest BCUT2D eigenvalue weighted by Gasteiger charge is 2.17. The van der Waals surface area contributed by atoms with Crippen LogP contribution in [0.2, 0.25) is 0 Å². The smallest absolute Gasteiger partial charge is 0.119 e. The van der Waals surface area contributed by atoms with Crippen molar-refractivity contribution in [1.29, 1.82) is 0 Å². The first-order valence-electron chi connectivity index (χ1n) is 16.1. The Morgan fingerprint density at radius 1 is 0.408 bits per heavy atom. The Kier molecular flexibility index (Phi) is 6.04. The van der Waals surface area contributed by atoms with Crippen LogP contribution in [0.1, 0.15) is 0 Å². The van der Waals surface area contributed by atoms with E-state index in [0.717, 1.165) is 44.6 Å². The van der Waals surface area contributed by atoms with Gasteiger partial charge in [-0.15, -0.1) is 0 Å². The topological polar surface area (TPSA) is 82.3 Å². The molecule has 0 aliphatic carbocycles. The van der Waals surface area contributed by atoms with Crippen molar-refractivity contribution >= 4 is 54.8 Å². The van der Waals surface area contributed by atoms with E-state index in [9.17, 15) is 0 Å². The molecule has 10 rings (SSSR count). The molecule has 0 atom stereocenters. The van der Waals surface area contributed by atoms with Crippen molar-refractivity contribution in [3.63, 3.8) is 0 Å². The Labute approximate surface area is 280 Å². The molecule has 7 nitrogen and oxygen atoms in total. The van der Waals surface area contributed by atoms with Crippen LogP contribution < -0.4 is 0 Å². The second kappa shape index (κ2) is 10.9. The standard InChI is InChI=1S/C42H25N7/c1-2-9-26(10-3-1)28-19-29(27-11-8-12-31(22-27)49-36-15-6-4-13-32(36)33-14-5-7-16-37(33)49)21-30(20-28)35-24-46-41-40-38(44-17-18-45-40)34-23-43-25-47-39(34)42(41)48-35/h1-25H. The zero-order valence-electron chi connectivity index (χ0n) is 26.1. The molecule has 0 saturated heterocycles. The van der Waals surface area contributed by atoms with Crippen LogP contribution in [-0.2, 0) is 0 Å². The second-order valence-corrected chi connectivity index (χ2v) is 12.1. The van der Waals surface area contributed by atoms with Crippen LogP contribution >= 0.6 is 0 Å². The lowest BCUT2D eigenvalue weighted by molar-refractivity contribution is 1.18. The highest BCUT2D eigenvalue weighted by molar-refractivity contribution is 6.19. The number of nitrogens with zero attached hydrogens (tertiary/aromatic N) is 7. The van der Waals surface area contributed by atoms with Crippen LogP contribution in [0.5, 0.6) is 0 Å². The van der Waals surface area contributed by atoms with Gasteiger partial charge in [-0.3, -0.25) is 9.97 Å². The lowest BCUT2D eigenvalue weighted by atomic mass is 9.95. The van der Waals surface area contributed by atoms with Crippen molar-refractivity contribution in [1.82, 2.24) is 34.5 Å². The van der Waals surface area contributed by atoms with Gasteiger partial charge >= 0.3 is 0 Å². The van der Waals surface area contributed by atoms with Crippen molar-refractivity contribution in [2.45, 2.75) is 0 Å². The molecule has 228 valence electrons. The van der Waals surface area contributed by atoms with E-state index in [4.69, 9.17) is 9.97 Å². The quantitative estimate of drug-likeness (QED) is 0.181. The van der Waals surface area contributed by atoms with E-state index in [1.165, 1.54) is 28.1 Å². The maximum atomic E-state index is 5.20. The molecular formula is C42H25N7. The summed E-state index contributed by atoms with van der Waals surface area (Å²) < 4.78 is 2.35. The summed E-state index contributed by atoms with van der Waals surface area (Å²) in [6.07, 6.45) is 8.49. The van der Waals surface area contributed by atoms with Gasteiger partial charge in [0.2, 0.25) is 0 Å². The van der Waals surface area contributed by atoms with Gasteiger partial charge < -0.3 is 4.57 Å². The van der Waals surface area contributed by atoms with Gasteiger partial charge in [-0.05, 0) is 64.7 Å². The molecule has 0 aliphatic heterocycles. The van der Waals surface area contributed by atoms with Gasteiger partial charge in [0.25, 0.3) is 0 Å². The summed E-state index contributed by atoms with van der Waals surface area (Å²) in [6.45, 7) is 0. The van der Waals surface area contributed by atoms with E-state index in [2.05, 4.69) is 140 Å². The Hall–Kier alpha value is -6.86. The third kappa shape index (κ3) is 4.37. The summed E-state index contributed by atoms with van der Waals surface area (Å²) in [5.41, 5.74) is 13.0. The van der Waals surface area contributed by atoms with E-state index in [0.29, 0.717) is 27.6 Å². The summed E-state index contributed by atoms with van der Waals surface area (Å²) in [5.74, 6) is 0. The lowest BCUT2D eigenvalue weighted by Gasteiger charge is -2.14.